The molecule has 2 aromatic carbocycles. The fraction of sp³-hybridized carbons (Fsp3) is 0.211. The van der Waals surface area contributed by atoms with Crippen LogP contribution < -0.4 is 5.32 Å². The van der Waals surface area contributed by atoms with Crippen LogP contribution in [0.3, 0.4) is 0 Å². The fourth-order valence-corrected chi connectivity index (χ4v) is 2.94. The maximum atomic E-state index is 13.4. The molecule has 1 unspecified atom stereocenters. The number of nitrogens with one attached hydrogen (secondary N) is 2. The Bertz CT molecular complexity index is 824. The molecule has 130 valence electrons. The number of imidazole rings is 1. The van der Waals surface area contributed by atoms with Gasteiger partial charge in [0.15, 0.2) is 5.72 Å². The molecule has 0 aliphatic rings. The van der Waals surface area contributed by atoms with Crippen LogP contribution in [0.15, 0.2) is 61.1 Å². The van der Waals surface area contributed by atoms with Gasteiger partial charge in [-0.1, -0.05) is 30.3 Å². The van der Waals surface area contributed by atoms with Gasteiger partial charge in [0.25, 0.3) is 0 Å². The molecule has 6 heteroatoms. The standard InChI is InChI=1S/C19H20FN3O2/c1-13(9-16-11-21-12-22-16)23-19(25,14-5-3-2-4-6-14)17-8-7-15(20)10-18(17)24/h2-8,10-13,23-25H,9H2,1H3,(H,21,22)/t13-,19?/m1/s1. The molecule has 5 nitrogen and oxygen atoms in total. The van der Waals surface area contributed by atoms with E-state index in [2.05, 4.69) is 15.3 Å². The monoisotopic (exact) mass is 341 g/mol. The molecule has 4 N–H and O–H groups in total. The summed E-state index contributed by atoms with van der Waals surface area (Å²) in [6.07, 6.45) is 3.91. The summed E-state index contributed by atoms with van der Waals surface area (Å²) in [5.41, 5.74) is -0.0120. The number of hydrogen-bond acceptors (Lipinski definition) is 4. The van der Waals surface area contributed by atoms with Crippen LogP contribution in [0, 0.1) is 5.82 Å². The first-order valence-corrected chi connectivity index (χ1v) is 8.01. The lowest BCUT2D eigenvalue weighted by molar-refractivity contribution is 0.0298. The van der Waals surface area contributed by atoms with E-state index >= 15 is 0 Å². The van der Waals surface area contributed by atoms with Gasteiger partial charge in [-0.2, -0.15) is 0 Å². The third kappa shape index (κ3) is 3.70. The minimum absolute atomic E-state index is 0.157. The smallest absolute Gasteiger partial charge is 0.172 e. The van der Waals surface area contributed by atoms with Crippen molar-refractivity contribution in [2.24, 2.45) is 0 Å². The van der Waals surface area contributed by atoms with Crippen LogP contribution >= 0.6 is 0 Å². The van der Waals surface area contributed by atoms with E-state index < -0.39 is 11.5 Å². The second-order valence-electron chi connectivity index (χ2n) is 6.06. The number of nitrogens with zero attached hydrogens (tertiary/aromatic N) is 1. The Balaban J connectivity index is 1.97. The van der Waals surface area contributed by atoms with Gasteiger partial charge in [0.05, 0.1) is 6.33 Å². The van der Waals surface area contributed by atoms with E-state index in [0.29, 0.717) is 12.0 Å². The Kier molecular flexibility index (Phi) is 4.83. The summed E-state index contributed by atoms with van der Waals surface area (Å²) in [4.78, 5) is 7.00. The molecule has 2 atom stereocenters. The molecule has 25 heavy (non-hydrogen) atoms. The van der Waals surface area contributed by atoms with Crippen LogP contribution in [-0.2, 0) is 12.1 Å². The number of rotatable bonds is 6. The van der Waals surface area contributed by atoms with Crippen molar-refractivity contribution in [2.75, 3.05) is 0 Å². The quantitative estimate of drug-likeness (QED) is 0.520. The first kappa shape index (κ1) is 17.1. The lowest BCUT2D eigenvalue weighted by atomic mass is 9.92. The van der Waals surface area contributed by atoms with E-state index in [4.69, 9.17) is 0 Å². The Hall–Kier alpha value is -2.70. The molecule has 0 amide bonds. The fourth-order valence-electron chi connectivity index (χ4n) is 2.94. The highest BCUT2D eigenvalue weighted by atomic mass is 19.1. The number of aromatic amines is 1. The number of phenolic OH excluding ortho intramolecular Hbond substituents is 1. The van der Waals surface area contributed by atoms with Crippen LogP contribution in [0.25, 0.3) is 0 Å². The summed E-state index contributed by atoms with van der Waals surface area (Å²) < 4.78 is 13.4. The molecule has 3 aromatic rings. The molecule has 3 rings (SSSR count). The maximum Gasteiger partial charge on any atom is 0.172 e. The molecular formula is C19H20FN3O2. The Labute approximate surface area is 145 Å². The highest BCUT2D eigenvalue weighted by Gasteiger charge is 2.35. The van der Waals surface area contributed by atoms with E-state index in [-0.39, 0.29) is 17.4 Å². The summed E-state index contributed by atoms with van der Waals surface area (Å²) in [7, 11) is 0. The van der Waals surface area contributed by atoms with E-state index in [1.807, 2.05) is 13.0 Å². The number of benzene rings is 2. The van der Waals surface area contributed by atoms with E-state index in [9.17, 15) is 14.6 Å². The summed E-state index contributed by atoms with van der Waals surface area (Å²) >= 11 is 0. The van der Waals surface area contributed by atoms with Gasteiger partial charge in [0.2, 0.25) is 0 Å². The SMILES string of the molecule is C[C@H](Cc1cnc[nH]1)NC(O)(c1ccccc1)c1ccc(F)cc1O. The number of hydrogen-bond donors (Lipinski definition) is 4. The van der Waals surface area contributed by atoms with Crippen molar-refractivity contribution >= 4 is 0 Å². The van der Waals surface area contributed by atoms with Crippen LogP contribution in [-0.4, -0.2) is 26.2 Å². The average molecular weight is 341 g/mol. The van der Waals surface area contributed by atoms with E-state index in [1.165, 1.54) is 12.1 Å². The second kappa shape index (κ2) is 7.04. The largest absolute Gasteiger partial charge is 0.507 e. The van der Waals surface area contributed by atoms with Gasteiger partial charge in [0.1, 0.15) is 11.6 Å². The maximum absolute atomic E-state index is 13.4. The highest BCUT2D eigenvalue weighted by molar-refractivity contribution is 5.43. The summed E-state index contributed by atoms with van der Waals surface area (Å²) in [6.45, 7) is 1.91. The minimum atomic E-state index is -1.67. The van der Waals surface area contributed by atoms with Crippen molar-refractivity contribution in [3.63, 3.8) is 0 Å². The minimum Gasteiger partial charge on any atom is -0.507 e. The zero-order chi connectivity index (χ0) is 17.9. The molecule has 0 spiro atoms. The van der Waals surface area contributed by atoms with Crippen molar-refractivity contribution in [1.82, 2.24) is 15.3 Å². The Morgan fingerprint density at radius 1 is 1.24 bits per heavy atom. The van der Waals surface area contributed by atoms with Gasteiger partial charge in [-0.05, 0) is 19.1 Å². The first-order chi connectivity index (χ1) is 12.0. The number of aliphatic hydroxyl groups is 1. The predicted octanol–water partition coefficient (Wildman–Crippen LogP) is 2.67. The van der Waals surface area contributed by atoms with Gasteiger partial charge in [-0.3, -0.25) is 5.32 Å². The van der Waals surface area contributed by atoms with Crippen LogP contribution in [0.4, 0.5) is 4.39 Å². The van der Waals surface area contributed by atoms with Crippen molar-refractivity contribution < 1.29 is 14.6 Å². The molecule has 0 bridgehead atoms. The zero-order valence-electron chi connectivity index (χ0n) is 13.8. The highest BCUT2D eigenvalue weighted by Crippen LogP contribution is 2.34. The molecule has 1 aromatic heterocycles. The normalized spacial score (nSPS) is 14.8. The third-order valence-electron chi connectivity index (χ3n) is 4.08. The van der Waals surface area contributed by atoms with E-state index in [0.717, 1.165) is 11.8 Å². The topological polar surface area (TPSA) is 81.2 Å². The molecule has 0 aliphatic carbocycles. The molecule has 0 aliphatic heterocycles. The van der Waals surface area contributed by atoms with Gasteiger partial charge in [0, 0.05) is 41.5 Å². The van der Waals surface area contributed by atoms with Crippen molar-refractivity contribution in [3.05, 3.63) is 83.7 Å². The molecule has 0 fully saturated rings. The zero-order valence-corrected chi connectivity index (χ0v) is 13.8. The van der Waals surface area contributed by atoms with Gasteiger partial charge < -0.3 is 15.2 Å². The molecule has 0 saturated heterocycles. The van der Waals surface area contributed by atoms with Gasteiger partial charge >= 0.3 is 0 Å². The Morgan fingerprint density at radius 3 is 2.64 bits per heavy atom. The number of aromatic hydroxyl groups is 1. The van der Waals surface area contributed by atoms with Crippen molar-refractivity contribution in [2.45, 2.75) is 25.1 Å². The third-order valence-corrected chi connectivity index (χ3v) is 4.08. The first-order valence-electron chi connectivity index (χ1n) is 8.01. The van der Waals surface area contributed by atoms with Gasteiger partial charge in [-0.25, -0.2) is 9.37 Å². The summed E-state index contributed by atoms with van der Waals surface area (Å²) in [5.74, 6) is -0.880. The van der Waals surface area contributed by atoms with Crippen LogP contribution in [0.5, 0.6) is 5.75 Å². The van der Waals surface area contributed by atoms with E-state index in [1.54, 1.807) is 36.8 Å². The van der Waals surface area contributed by atoms with Crippen molar-refractivity contribution in [1.29, 1.82) is 0 Å². The average Bonchev–Trinajstić information content (AvgIpc) is 3.08. The summed E-state index contributed by atoms with van der Waals surface area (Å²) in [6, 6.07) is 12.3. The number of halogens is 1. The predicted molar refractivity (Wildman–Crippen MR) is 92.4 cm³/mol. The Morgan fingerprint density at radius 2 is 2.00 bits per heavy atom. The van der Waals surface area contributed by atoms with Crippen LogP contribution in [0.1, 0.15) is 23.7 Å². The lowest BCUT2D eigenvalue weighted by Gasteiger charge is -2.34. The molecular weight excluding hydrogens is 321 g/mol. The number of aromatic nitrogens is 2. The molecule has 1 heterocycles. The number of phenols is 1. The van der Waals surface area contributed by atoms with Crippen molar-refractivity contribution in [3.8, 4) is 5.75 Å². The van der Waals surface area contributed by atoms with Gasteiger partial charge in [-0.15, -0.1) is 0 Å². The summed E-state index contributed by atoms with van der Waals surface area (Å²) in [5, 5.41) is 24.8. The molecule has 0 radical (unpaired) electrons. The van der Waals surface area contributed by atoms with Crippen LogP contribution in [0.2, 0.25) is 0 Å². The lowest BCUT2D eigenvalue weighted by Crippen LogP contribution is -2.48. The number of H-pyrrole nitrogens is 1. The second-order valence-corrected chi connectivity index (χ2v) is 6.06. The molecule has 0 saturated carbocycles.